The molecule has 2 fully saturated rings. The van der Waals surface area contributed by atoms with Gasteiger partial charge < -0.3 is 24.2 Å². The Morgan fingerprint density at radius 3 is 2.87 bits per heavy atom. The number of imidazole rings is 1. The first kappa shape index (κ1) is 17.7. The van der Waals surface area contributed by atoms with Crippen molar-refractivity contribution >= 4 is 22.6 Å². The lowest BCUT2D eigenvalue weighted by atomic mass is 9.71. The summed E-state index contributed by atoms with van der Waals surface area (Å²) in [4.78, 5) is 17.0. The van der Waals surface area contributed by atoms with Crippen LogP contribution in [0.2, 0.25) is 0 Å². The van der Waals surface area contributed by atoms with Crippen molar-refractivity contribution in [1.82, 2.24) is 24.3 Å². The standard InChI is InChI=1S/C22H24N6O2/c1-29-20-18-16(14-2-3-17-23-8-9-28(17)11-14)10-24-19(18)26-21(27-20)25-15-4-6-22(7-5-15)12-30-13-22/h2-3,8-11,15H,4-7,12-13H2,1H3,(H2,24,25,26,27). The summed E-state index contributed by atoms with van der Waals surface area (Å²) in [5, 5.41) is 4.41. The van der Waals surface area contributed by atoms with E-state index >= 15 is 0 Å². The van der Waals surface area contributed by atoms with Crippen LogP contribution in [0.1, 0.15) is 25.7 Å². The highest BCUT2D eigenvalue weighted by Gasteiger charge is 2.41. The minimum atomic E-state index is 0.386. The minimum Gasteiger partial charge on any atom is -0.480 e. The molecule has 1 spiro atoms. The van der Waals surface area contributed by atoms with Gasteiger partial charge in [-0.1, -0.05) is 0 Å². The molecule has 6 rings (SSSR count). The number of hydrogen-bond acceptors (Lipinski definition) is 6. The number of methoxy groups -OCH3 is 1. The second kappa shape index (κ2) is 6.70. The molecule has 2 aliphatic rings. The summed E-state index contributed by atoms with van der Waals surface area (Å²) >= 11 is 0. The van der Waals surface area contributed by atoms with Crippen LogP contribution in [0, 0.1) is 5.41 Å². The van der Waals surface area contributed by atoms with Crippen LogP contribution in [-0.4, -0.2) is 50.7 Å². The molecule has 8 nitrogen and oxygen atoms in total. The molecule has 8 heteroatoms. The van der Waals surface area contributed by atoms with Gasteiger partial charge >= 0.3 is 0 Å². The molecule has 1 saturated carbocycles. The first-order chi connectivity index (χ1) is 14.7. The molecular formula is C22H24N6O2. The van der Waals surface area contributed by atoms with Gasteiger partial charge in [-0.25, -0.2) is 4.98 Å². The molecule has 30 heavy (non-hydrogen) atoms. The van der Waals surface area contributed by atoms with Gasteiger partial charge in [0.1, 0.15) is 11.3 Å². The van der Waals surface area contributed by atoms with Gasteiger partial charge in [0.15, 0.2) is 0 Å². The number of rotatable bonds is 4. The summed E-state index contributed by atoms with van der Waals surface area (Å²) in [6.45, 7) is 1.85. The zero-order chi connectivity index (χ0) is 20.1. The molecule has 1 saturated heterocycles. The molecule has 154 valence electrons. The number of aromatic amines is 1. The van der Waals surface area contributed by atoms with Gasteiger partial charge in [0.25, 0.3) is 0 Å². The number of H-pyrrole nitrogens is 1. The van der Waals surface area contributed by atoms with Crippen molar-refractivity contribution in [1.29, 1.82) is 0 Å². The average molecular weight is 404 g/mol. The SMILES string of the molecule is COc1nc(NC2CCC3(CC2)COC3)nc2[nH]cc(-c3ccc4nccn4c3)c12. The van der Waals surface area contributed by atoms with Crippen molar-refractivity contribution < 1.29 is 9.47 Å². The van der Waals surface area contributed by atoms with Gasteiger partial charge in [-0.15, -0.1) is 0 Å². The van der Waals surface area contributed by atoms with Crippen molar-refractivity contribution in [2.75, 3.05) is 25.6 Å². The van der Waals surface area contributed by atoms with Crippen LogP contribution in [-0.2, 0) is 4.74 Å². The smallest absolute Gasteiger partial charge is 0.228 e. The van der Waals surface area contributed by atoms with Gasteiger partial charge in [-0.05, 0) is 37.8 Å². The Hall–Kier alpha value is -3.13. The maximum absolute atomic E-state index is 5.66. The Labute approximate surface area is 173 Å². The van der Waals surface area contributed by atoms with Gasteiger partial charge in [0.2, 0.25) is 11.8 Å². The van der Waals surface area contributed by atoms with E-state index in [1.54, 1.807) is 13.3 Å². The van der Waals surface area contributed by atoms with Crippen molar-refractivity contribution in [2.24, 2.45) is 5.41 Å². The number of anilines is 1. The Balaban J connectivity index is 1.31. The van der Waals surface area contributed by atoms with Crippen LogP contribution in [0.5, 0.6) is 5.88 Å². The van der Waals surface area contributed by atoms with E-state index in [0.717, 1.165) is 53.9 Å². The van der Waals surface area contributed by atoms with Gasteiger partial charge in [0, 0.05) is 47.4 Å². The van der Waals surface area contributed by atoms with Crippen LogP contribution in [0.3, 0.4) is 0 Å². The molecule has 1 aliphatic carbocycles. The third-order valence-corrected chi connectivity index (χ3v) is 6.59. The lowest BCUT2D eigenvalue weighted by Crippen LogP contribution is -2.47. The van der Waals surface area contributed by atoms with Crippen molar-refractivity contribution in [3.05, 3.63) is 36.9 Å². The number of nitrogens with one attached hydrogen (secondary N) is 2. The zero-order valence-electron chi connectivity index (χ0n) is 16.9. The second-order valence-electron chi connectivity index (χ2n) is 8.50. The fraction of sp³-hybridized carbons (Fsp3) is 0.409. The van der Waals surface area contributed by atoms with Crippen LogP contribution in [0.4, 0.5) is 5.95 Å². The number of nitrogens with zero attached hydrogens (tertiary/aromatic N) is 4. The minimum absolute atomic E-state index is 0.386. The quantitative estimate of drug-likeness (QED) is 0.540. The fourth-order valence-electron chi connectivity index (χ4n) is 4.76. The number of fused-ring (bicyclic) bond motifs is 2. The second-order valence-corrected chi connectivity index (χ2v) is 8.50. The Bertz CT molecular complexity index is 1220. The van der Waals surface area contributed by atoms with E-state index < -0.39 is 0 Å². The Kier molecular flexibility index (Phi) is 3.95. The van der Waals surface area contributed by atoms with Crippen molar-refractivity contribution in [3.63, 3.8) is 0 Å². The molecule has 0 amide bonds. The molecule has 0 radical (unpaired) electrons. The zero-order valence-corrected chi connectivity index (χ0v) is 16.9. The van der Waals surface area contributed by atoms with Crippen LogP contribution < -0.4 is 10.1 Å². The summed E-state index contributed by atoms with van der Waals surface area (Å²) in [7, 11) is 1.66. The summed E-state index contributed by atoms with van der Waals surface area (Å²) in [6.07, 6.45) is 12.4. The molecule has 4 aromatic heterocycles. The molecule has 2 N–H and O–H groups in total. The predicted octanol–water partition coefficient (Wildman–Crippen LogP) is 3.65. The van der Waals surface area contributed by atoms with Gasteiger partial charge in [0.05, 0.1) is 25.7 Å². The van der Waals surface area contributed by atoms with Crippen LogP contribution in [0.15, 0.2) is 36.9 Å². The predicted molar refractivity (Wildman–Crippen MR) is 114 cm³/mol. The van der Waals surface area contributed by atoms with Crippen LogP contribution in [0.25, 0.3) is 27.8 Å². The molecule has 1 aliphatic heterocycles. The van der Waals surface area contributed by atoms with Crippen molar-refractivity contribution in [3.8, 4) is 17.0 Å². The molecular weight excluding hydrogens is 380 g/mol. The van der Waals surface area contributed by atoms with E-state index in [1.807, 2.05) is 22.9 Å². The van der Waals surface area contributed by atoms with Gasteiger partial charge in [-0.3, -0.25) is 0 Å². The Morgan fingerprint density at radius 2 is 2.10 bits per heavy atom. The number of hydrogen-bond donors (Lipinski definition) is 2. The molecule has 0 unspecified atom stereocenters. The van der Waals surface area contributed by atoms with Crippen LogP contribution >= 0.6 is 0 Å². The maximum Gasteiger partial charge on any atom is 0.228 e. The highest BCUT2D eigenvalue weighted by molar-refractivity contribution is 5.97. The monoisotopic (exact) mass is 404 g/mol. The molecule has 0 bridgehead atoms. The van der Waals surface area contributed by atoms with E-state index in [1.165, 1.54) is 12.8 Å². The number of pyridine rings is 1. The number of aromatic nitrogens is 5. The van der Waals surface area contributed by atoms with Gasteiger partial charge in [-0.2, -0.15) is 9.97 Å². The highest BCUT2D eigenvalue weighted by Crippen LogP contribution is 2.43. The first-order valence-corrected chi connectivity index (χ1v) is 10.4. The van der Waals surface area contributed by atoms with E-state index in [-0.39, 0.29) is 0 Å². The Morgan fingerprint density at radius 1 is 1.23 bits per heavy atom. The summed E-state index contributed by atoms with van der Waals surface area (Å²) in [5.41, 5.74) is 4.18. The summed E-state index contributed by atoms with van der Waals surface area (Å²) in [5.74, 6) is 1.19. The van der Waals surface area contributed by atoms with E-state index in [2.05, 4.69) is 32.5 Å². The van der Waals surface area contributed by atoms with E-state index in [4.69, 9.17) is 14.5 Å². The largest absolute Gasteiger partial charge is 0.480 e. The third-order valence-electron chi connectivity index (χ3n) is 6.59. The molecule has 4 aromatic rings. The molecule has 0 aromatic carbocycles. The van der Waals surface area contributed by atoms with E-state index in [9.17, 15) is 0 Å². The highest BCUT2D eigenvalue weighted by atomic mass is 16.5. The topological polar surface area (TPSA) is 89.4 Å². The normalized spacial score (nSPS) is 18.7. The lowest BCUT2D eigenvalue weighted by molar-refractivity contribution is -0.131. The summed E-state index contributed by atoms with van der Waals surface area (Å²) in [6, 6.07) is 4.44. The third kappa shape index (κ3) is 2.82. The fourth-order valence-corrected chi connectivity index (χ4v) is 4.76. The molecule has 5 heterocycles. The molecule has 0 atom stereocenters. The van der Waals surface area contributed by atoms with Crippen molar-refractivity contribution in [2.45, 2.75) is 31.7 Å². The maximum atomic E-state index is 5.66. The first-order valence-electron chi connectivity index (χ1n) is 10.4. The summed E-state index contributed by atoms with van der Waals surface area (Å²) < 4.78 is 13.1. The lowest BCUT2D eigenvalue weighted by Gasteiger charge is -2.46. The number of ether oxygens (including phenoxy) is 2. The van der Waals surface area contributed by atoms with E-state index in [0.29, 0.717) is 23.3 Å². The average Bonchev–Trinajstić information content (AvgIpc) is 3.39.